The minimum atomic E-state index is -0.565. The van der Waals surface area contributed by atoms with Crippen LogP contribution in [-0.2, 0) is 4.79 Å². The first kappa shape index (κ1) is 12.5. The summed E-state index contributed by atoms with van der Waals surface area (Å²) in [5.74, 6) is 0.992. The summed E-state index contributed by atoms with van der Waals surface area (Å²) in [6.45, 7) is 4.73. The Bertz CT molecular complexity index is 343. The molecule has 3 heteroatoms. The third-order valence-corrected chi connectivity index (χ3v) is 5.90. The maximum Gasteiger partial charge on any atom is 0.308 e. The number of hydrogen-bond donors (Lipinski definition) is 1. The molecule has 3 aliphatic rings. The Kier molecular flexibility index (Phi) is 3.13. The fraction of sp³-hybridized carbons (Fsp3) is 0.933. The SMILES string of the molecule is CC1CCC(N2C3CCC2C(C(=O)O)C3)CC1C. The molecule has 1 N–H and O–H groups in total. The lowest BCUT2D eigenvalue weighted by atomic mass is 9.78. The summed E-state index contributed by atoms with van der Waals surface area (Å²) in [6.07, 6.45) is 7.13. The molecule has 0 aromatic heterocycles. The molecule has 2 bridgehead atoms. The zero-order valence-electron chi connectivity index (χ0n) is 11.5. The van der Waals surface area contributed by atoms with Gasteiger partial charge in [0.05, 0.1) is 5.92 Å². The number of carboxylic acids is 1. The summed E-state index contributed by atoms with van der Waals surface area (Å²) in [4.78, 5) is 13.9. The monoisotopic (exact) mass is 251 g/mol. The van der Waals surface area contributed by atoms with Crippen LogP contribution in [0.4, 0.5) is 0 Å². The summed E-state index contributed by atoms with van der Waals surface area (Å²) < 4.78 is 0. The summed E-state index contributed by atoms with van der Waals surface area (Å²) in [7, 11) is 0. The van der Waals surface area contributed by atoms with Crippen LogP contribution >= 0.6 is 0 Å². The Morgan fingerprint density at radius 2 is 1.67 bits per heavy atom. The molecule has 102 valence electrons. The van der Waals surface area contributed by atoms with Crippen molar-refractivity contribution in [2.45, 2.75) is 70.5 Å². The van der Waals surface area contributed by atoms with Gasteiger partial charge in [-0.25, -0.2) is 0 Å². The molecular formula is C15H25NO2. The van der Waals surface area contributed by atoms with Crippen molar-refractivity contribution >= 4 is 5.97 Å². The zero-order chi connectivity index (χ0) is 12.9. The Morgan fingerprint density at radius 1 is 1.00 bits per heavy atom. The van der Waals surface area contributed by atoms with E-state index in [1.54, 1.807) is 0 Å². The average Bonchev–Trinajstić information content (AvgIpc) is 2.90. The maximum absolute atomic E-state index is 11.3. The molecule has 3 nitrogen and oxygen atoms in total. The highest BCUT2D eigenvalue weighted by Gasteiger charge is 2.51. The van der Waals surface area contributed by atoms with Crippen LogP contribution < -0.4 is 0 Å². The second-order valence-electron chi connectivity index (χ2n) is 6.85. The van der Waals surface area contributed by atoms with E-state index < -0.39 is 5.97 Å². The summed E-state index contributed by atoms with van der Waals surface area (Å²) >= 11 is 0. The highest BCUT2D eigenvalue weighted by atomic mass is 16.4. The van der Waals surface area contributed by atoms with Crippen molar-refractivity contribution in [1.82, 2.24) is 4.90 Å². The number of fused-ring (bicyclic) bond motifs is 2. The molecule has 2 saturated heterocycles. The molecule has 6 unspecified atom stereocenters. The highest BCUT2D eigenvalue weighted by molar-refractivity contribution is 5.71. The lowest BCUT2D eigenvalue weighted by Gasteiger charge is -2.40. The lowest BCUT2D eigenvalue weighted by Crippen LogP contribution is -2.44. The number of rotatable bonds is 2. The van der Waals surface area contributed by atoms with Crippen molar-refractivity contribution in [3.8, 4) is 0 Å². The van der Waals surface area contributed by atoms with Gasteiger partial charge in [-0.2, -0.15) is 0 Å². The lowest BCUT2D eigenvalue weighted by molar-refractivity contribution is -0.142. The number of aliphatic carboxylic acids is 1. The van der Waals surface area contributed by atoms with Crippen LogP contribution in [-0.4, -0.2) is 34.1 Å². The third-order valence-electron chi connectivity index (χ3n) is 5.90. The van der Waals surface area contributed by atoms with E-state index in [9.17, 15) is 9.90 Å². The van der Waals surface area contributed by atoms with Crippen LogP contribution in [0.3, 0.4) is 0 Å². The smallest absolute Gasteiger partial charge is 0.308 e. The van der Waals surface area contributed by atoms with Crippen LogP contribution in [0.5, 0.6) is 0 Å². The van der Waals surface area contributed by atoms with Crippen molar-refractivity contribution in [1.29, 1.82) is 0 Å². The van der Waals surface area contributed by atoms with Gasteiger partial charge in [0.25, 0.3) is 0 Å². The maximum atomic E-state index is 11.3. The summed E-state index contributed by atoms with van der Waals surface area (Å²) in [6, 6.07) is 1.58. The van der Waals surface area contributed by atoms with Crippen molar-refractivity contribution < 1.29 is 9.90 Å². The largest absolute Gasteiger partial charge is 0.481 e. The first-order valence-electron chi connectivity index (χ1n) is 7.58. The van der Waals surface area contributed by atoms with E-state index >= 15 is 0 Å². The fourth-order valence-corrected chi connectivity index (χ4v) is 4.66. The molecule has 1 saturated carbocycles. The molecule has 3 rings (SSSR count). The molecule has 0 aromatic rings. The van der Waals surface area contributed by atoms with Crippen LogP contribution in [0.25, 0.3) is 0 Å². The topological polar surface area (TPSA) is 40.5 Å². The summed E-state index contributed by atoms with van der Waals surface area (Å²) in [5, 5.41) is 9.32. The van der Waals surface area contributed by atoms with E-state index in [1.807, 2.05) is 0 Å². The van der Waals surface area contributed by atoms with Gasteiger partial charge in [-0.15, -0.1) is 0 Å². The van der Waals surface area contributed by atoms with Crippen LogP contribution in [0.2, 0.25) is 0 Å². The van der Waals surface area contributed by atoms with E-state index in [1.165, 1.54) is 25.7 Å². The van der Waals surface area contributed by atoms with Gasteiger partial charge in [0.2, 0.25) is 0 Å². The Hall–Kier alpha value is -0.570. The molecule has 2 heterocycles. The van der Waals surface area contributed by atoms with E-state index in [0.717, 1.165) is 24.7 Å². The molecule has 18 heavy (non-hydrogen) atoms. The Morgan fingerprint density at radius 3 is 2.28 bits per heavy atom. The van der Waals surface area contributed by atoms with Gasteiger partial charge in [0, 0.05) is 18.1 Å². The highest BCUT2D eigenvalue weighted by Crippen LogP contribution is 2.46. The van der Waals surface area contributed by atoms with Crippen LogP contribution in [0.1, 0.15) is 52.4 Å². The molecule has 3 fully saturated rings. The minimum Gasteiger partial charge on any atom is -0.481 e. The molecular weight excluding hydrogens is 226 g/mol. The summed E-state index contributed by atoms with van der Waals surface area (Å²) in [5.41, 5.74) is 0. The minimum absolute atomic E-state index is 0.0848. The number of carboxylic acid groups (broad SMARTS) is 1. The second kappa shape index (κ2) is 4.52. The molecule has 0 spiro atoms. The molecule has 6 atom stereocenters. The predicted octanol–water partition coefficient (Wildman–Crippen LogP) is 2.75. The van der Waals surface area contributed by atoms with Gasteiger partial charge in [-0.3, -0.25) is 9.69 Å². The predicted molar refractivity (Wildman–Crippen MR) is 70.4 cm³/mol. The first-order chi connectivity index (χ1) is 8.58. The number of hydrogen-bond acceptors (Lipinski definition) is 2. The van der Waals surface area contributed by atoms with E-state index in [0.29, 0.717) is 18.1 Å². The standard InChI is InChI=1S/C15H25NO2/c1-9-3-4-11(7-10(9)2)16-12-5-6-14(16)13(8-12)15(17)18/h9-14H,3-8H2,1-2H3,(H,17,18). The van der Waals surface area contributed by atoms with Crippen LogP contribution in [0.15, 0.2) is 0 Å². The third kappa shape index (κ3) is 1.87. The van der Waals surface area contributed by atoms with E-state index in [4.69, 9.17) is 0 Å². The number of carbonyl (C=O) groups is 1. The van der Waals surface area contributed by atoms with E-state index in [-0.39, 0.29) is 5.92 Å². The Labute approximate surface area is 110 Å². The van der Waals surface area contributed by atoms with Gasteiger partial charge in [-0.1, -0.05) is 13.8 Å². The quantitative estimate of drug-likeness (QED) is 0.820. The average molecular weight is 251 g/mol. The molecule has 1 aliphatic carbocycles. The first-order valence-corrected chi connectivity index (χ1v) is 7.58. The van der Waals surface area contributed by atoms with Crippen molar-refractivity contribution in [2.24, 2.45) is 17.8 Å². The van der Waals surface area contributed by atoms with Crippen molar-refractivity contribution in [3.05, 3.63) is 0 Å². The van der Waals surface area contributed by atoms with Crippen molar-refractivity contribution in [2.75, 3.05) is 0 Å². The molecule has 0 amide bonds. The van der Waals surface area contributed by atoms with Gasteiger partial charge in [0.15, 0.2) is 0 Å². The van der Waals surface area contributed by atoms with Gasteiger partial charge in [0.1, 0.15) is 0 Å². The molecule has 2 aliphatic heterocycles. The molecule has 0 radical (unpaired) electrons. The van der Waals surface area contributed by atoms with E-state index in [2.05, 4.69) is 18.7 Å². The fourth-order valence-electron chi connectivity index (χ4n) is 4.66. The normalized spacial score (nSPS) is 48.6. The Balaban J connectivity index is 1.72. The van der Waals surface area contributed by atoms with Crippen molar-refractivity contribution in [3.63, 3.8) is 0 Å². The number of nitrogens with zero attached hydrogens (tertiary/aromatic N) is 1. The van der Waals surface area contributed by atoms with Gasteiger partial charge in [-0.05, 0) is 50.4 Å². The van der Waals surface area contributed by atoms with Gasteiger partial charge < -0.3 is 5.11 Å². The van der Waals surface area contributed by atoms with Crippen LogP contribution in [0, 0.1) is 17.8 Å². The molecule has 0 aromatic carbocycles. The zero-order valence-corrected chi connectivity index (χ0v) is 11.5. The van der Waals surface area contributed by atoms with Gasteiger partial charge >= 0.3 is 5.97 Å². The second-order valence-corrected chi connectivity index (χ2v) is 6.85.